The second-order valence-electron chi connectivity index (χ2n) is 5.08. The maximum absolute atomic E-state index is 12.1. The lowest BCUT2D eigenvalue weighted by Crippen LogP contribution is -2.50. The van der Waals surface area contributed by atoms with Gasteiger partial charge in [0.2, 0.25) is 11.8 Å². The summed E-state index contributed by atoms with van der Waals surface area (Å²) >= 11 is 0. The second kappa shape index (κ2) is 6.15. The number of likely N-dealkylation sites (tertiary alicyclic amines) is 1. The van der Waals surface area contributed by atoms with Gasteiger partial charge in [-0.15, -0.1) is 0 Å². The van der Waals surface area contributed by atoms with Crippen molar-refractivity contribution in [1.29, 1.82) is 0 Å². The van der Waals surface area contributed by atoms with E-state index in [4.69, 9.17) is 5.73 Å². The maximum Gasteiger partial charge on any atom is 0.236 e. The molecule has 2 rings (SSSR count). The van der Waals surface area contributed by atoms with E-state index in [1.807, 2.05) is 4.90 Å². The first-order valence-electron chi connectivity index (χ1n) is 6.67. The van der Waals surface area contributed by atoms with E-state index in [9.17, 15) is 9.59 Å². The first kappa shape index (κ1) is 13.3. The van der Waals surface area contributed by atoms with Crippen LogP contribution in [0.1, 0.15) is 12.8 Å². The van der Waals surface area contributed by atoms with Gasteiger partial charge in [0.15, 0.2) is 0 Å². The van der Waals surface area contributed by atoms with Crippen LogP contribution in [-0.4, -0.2) is 67.4 Å². The molecule has 2 aliphatic heterocycles. The van der Waals surface area contributed by atoms with Gasteiger partial charge in [0.05, 0.1) is 6.54 Å². The summed E-state index contributed by atoms with van der Waals surface area (Å²) < 4.78 is 0. The Labute approximate surface area is 107 Å². The predicted octanol–water partition coefficient (Wildman–Crippen LogP) is -1.38. The molecule has 0 bridgehead atoms. The third-order valence-electron chi connectivity index (χ3n) is 3.82. The number of hydrogen-bond donors (Lipinski definition) is 2. The summed E-state index contributed by atoms with van der Waals surface area (Å²) in [5.41, 5.74) is 5.28. The van der Waals surface area contributed by atoms with Crippen LogP contribution in [0.15, 0.2) is 0 Å². The summed E-state index contributed by atoms with van der Waals surface area (Å²) in [6, 6.07) is 0. The highest BCUT2D eigenvalue weighted by molar-refractivity contribution is 5.80. The fourth-order valence-corrected chi connectivity index (χ4v) is 2.57. The summed E-state index contributed by atoms with van der Waals surface area (Å²) in [5.74, 6) is -0.0998. The van der Waals surface area contributed by atoms with E-state index in [1.165, 1.54) is 0 Å². The fourth-order valence-electron chi connectivity index (χ4n) is 2.57. The zero-order valence-electron chi connectivity index (χ0n) is 10.7. The van der Waals surface area contributed by atoms with E-state index in [0.29, 0.717) is 32.5 Å². The Bertz CT molecular complexity index is 307. The second-order valence-corrected chi connectivity index (χ2v) is 5.08. The van der Waals surface area contributed by atoms with Gasteiger partial charge in [-0.3, -0.25) is 14.5 Å². The Hall–Kier alpha value is -1.14. The normalized spacial score (nSPS) is 23.0. The predicted molar refractivity (Wildman–Crippen MR) is 67.8 cm³/mol. The molecule has 0 radical (unpaired) electrons. The molecule has 6 heteroatoms. The summed E-state index contributed by atoms with van der Waals surface area (Å²) in [7, 11) is 0. The van der Waals surface area contributed by atoms with E-state index >= 15 is 0 Å². The molecular weight excluding hydrogens is 232 g/mol. The third kappa shape index (κ3) is 3.43. The number of carbonyl (C=O) groups is 2. The number of piperazine rings is 1. The molecule has 0 aromatic rings. The van der Waals surface area contributed by atoms with Gasteiger partial charge < -0.3 is 16.0 Å². The van der Waals surface area contributed by atoms with Gasteiger partial charge in [-0.2, -0.15) is 0 Å². The van der Waals surface area contributed by atoms with Crippen LogP contribution in [0, 0.1) is 5.92 Å². The number of carbonyl (C=O) groups excluding carboxylic acids is 2. The van der Waals surface area contributed by atoms with Crippen molar-refractivity contribution in [3.05, 3.63) is 0 Å². The highest BCUT2D eigenvalue weighted by Gasteiger charge is 2.26. The van der Waals surface area contributed by atoms with Crippen molar-refractivity contribution in [2.45, 2.75) is 12.8 Å². The molecule has 2 saturated heterocycles. The van der Waals surface area contributed by atoms with Gasteiger partial charge in [-0.25, -0.2) is 0 Å². The van der Waals surface area contributed by atoms with Crippen LogP contribution in [0.3, 0.4) is 0 Å². The number of nitrogens with two attached hydrogens (primary N) is 1. The van der Waals surface area contributed by atoms with Gasteiger partial charge in [-0.1, -0.05) is 0 Å². The molecule has 102 valence electrons. The molecule has 0 aromatic heterocycles. The minimum absolute atomic E-state index is 0.0479. The molecule has 2 heterocycles. The molecule has 6 nitrogen and oxygen atoms in total. The molecule has 0 unspecified atom stereocenters. The highest BCUT2D eigenvalue weighted by Crippen LogP contribution is 2.16. The Kier molecular flexibility index (Phi) is 4.54. The number of rotatable bonds is 3. The van der Waals surface area contributed by atoms with Crippen molar-refractivity contribution in [3.63, 3.8) is 0 Å². The van der Waals surface area contributed by atoms with Crippen molar-refractivity contribution in [3.8, 4) is 0 Å². The van der Waals surface area contributed by atoms with Crippen LogP contribution < -0.4 is 11.1 Å². The number of hydrogen-bond acceptors (Lipinski definition) is 4. The van der Waals surface area contributed by atoms with Crippen LogP contribution in [0.4, 0.5) is 0 Å². The number of nitrogens with one attached hydrogen (secondary N) is 1. The maximum atomic E-state index is 12.1. The van der Waals surface area contributed by atoms with E-state index in [-0.39, 0.29) is 17.7 Å². The van der Waals surface area contributed by atoms with Crippen molar-refractivity contribution in [1.82, 2.24) is 15.1 Å². The van der Waals surface area contributed by atoms with Crippen molar-refractivity contribution >= 4 is 11.8 Å². The molecule has 0 aliphatic carbocycles. The molecule has 0 aromatic carbocycles. The van der Waals surface area contributed by atoms with E-state index < -0.39 is 0 Å². The molecule has 3 N–H and O–H groups in total. The Morgan fingerprint density at radius 3 is 2.28 bits per heavy atom. The van der Waals surface area contributed by atoms with Crippen LogP contribution in [-0.2, 0) is 9.59 Å². The van der Waals surface area contributed by atoms with Crippen molar-refractivity contribution in [2.75, 3.05) is 45.8 Å². The Morgan fingerprint density at radius 2 is 1.72 bits per heavy atom. The van der Waals surface area contributed by atoms with Crippen LogP contribution in [0.2, 0.25) is 0 Å². The quantitative estimate of drug-likeness (QED) is 0.650. The zero-order chi connectivity index (χ0) is 13.0. The molecule has 2 aliphatic rings. The lowest BCUT2D eigenvalue weighted by molar-refractivity contribution is -0.136. The first-order chi connectivity index (χ1) is 8.66. The smallest absolute Gasteiger partial charge is 0.236 e. The van der Waals surface area contributed by atoms with Crippen LogP contribution >= 0.6 is 0 Å². The zero-order valence-corrected chi connectivity index (χ0v) is 10.7. The topological polar surface area (TPSA) is 78.7 Å². The number of amides is 2. The third-order valence-corrected chi connectivity index (χ3v) is 3.82. The number of primary amides is 1. The van der Waals surface area contributed by atoms with E-state index in [0.717, 1.165) is 26.2 Å². The molecule has 0 spiro atoms. The van der Waals surface area contributed by atoms with Gasteiger partial charge in [0.1, 0.15) is 0 Å². The van der Waals surface area contributed by atoms with Crippen LogP contribution in [0.25, 0.3) is 0 Å². The largest absolute Gasteiger partial charge is 0.369 e. The molecule has 18 heavy (non-hydrogen) atoms. The highest BCUT2D eigenvalue weighted by atomic mass is 16.2. The van der Waals surface area contributed by atoms with Crippen molar-refractivity contribution < 1.29 is 9.59 Å². The lowest BCUT2D eigenvalue weighted by Gasteiger charge is -2.33. The lowest BCUT2D eigenvalue weighted by atomic mass is 9.96. The molecule has 0 saturated carbocycles. The number of piperidine rings is 1. The van der Waals surface area contributed by atoms with Crippen molar-refractivity contribution in [2.24, 2.45) is 11.7 Å². The summed E-state index contributed by atoms with van der Waals surface area (Å²) in [4.78, 5) is 27.2. The average molecular weight is 254 g/mol. The summed E-state index contributed by atoms with van der Waals surface area (Å²) in [6.45, 7) is 5.61. The van der Waals surface area contributed by atoms with Gasteiger partial charge in [0, 0.05) is 45.2 Å². The average Bonchev–Trinajstić information content (AvgIpc) is 2.40. The molecular formula is C12H22N4O2. The van der Waals surface area contributed by atoms with Crippen LogP contribution in [0.5, 0.6) is 0 Å². The summed E-state index contributed by atoms with van der Waals surface area (Å²) in [6.07, 6.45) is 1.42. The number of nitrogens with zero attached hydrogens (tertiary/aromatic N) is 2. The standard InChI is InChI=1S/C12H22N4O2/c13-12(18)10-1-5-16(6-2-10)11(17)9-15-7-3-14-4-8-15/h10,14H,1-9H2,(H2,13,18). The fraction of sp³-hybridized carbons (Fsp3) is 0.833. The summed E-state index contributed by atoms with van der Waals surface area (Å²) in [5, 5.41) is 3.27. The van der Waals surface area contributed by atoms with E-state index in [2.05, 4.69) is 10.2 Å². The molecule has 0 atom stereocenters. The minimum atomic E-state index is -0.232. The van der Waals surface area contributed by atoms with Gasteiger partial charge in [-0.05, 0) is 12.8 Å². The van der Waals surface area contributed by atoms with Gasteiger partial charge in [0.25, 0.3) is 0 Å². The SMILES string of the molecule is NC(=O)C1CCN(C(=O)CN2CCNCC2)CC1. The molecule has 2 fully saturated rings. The molecule has 2 amide bonds. The Balaban J connectivity index is 1.75. The van der Waals surface area contributed by atoms with E-state index in [1.54, 1.807) is 0 Å². The monoisotopic (exact) mass is 254 g/mol. The first-order valence-corrected chi connectivity index (χ1v) is 6.67. The van der Waals surface area contributed by atoms with Gasteiger partial charge >= 0.3 is 0 Å². The Morgan fingerprint density at radius 1 is 1.11 bits per heavy atom. The minimum Gasteiger partial charge on any atom is -0.369 e.